The minimum Gasteiger partial charge on any atom is -0.434 e. The Kier molecular flexibility index (Phi) is 7.08. The zero-order valence-corrected chi connectivity index (χ0v) is 14.6. The maximum absolute atomic E-state index is 12.3. The smallest absolute Gasteiger partial charge is 0.387 e. The van der Waals surface area contributed by atoms with E-state index >= 15 is 0 Å². The van der Waals surface area contributed by atoms with E-state index in [1.54, 1.807) is 25.2 Å². The lowest BCUT2D eigenvalue weighted by molar-refractivity contribution is -0.135. The highest BCUT2D eigenvalue weighted by Gasteiger charge is 2.11. The molecule has 2 rings (SSSR count). The highest BCUT2D eigenvalue weighted by Crippen LogP contribution is 2.18. The van der Waals surface area contributed by atoms with E-state index in [2.05, 4.69) is 9.89 Å². The van der Waals surface area contributed by atoms with Crippen LogP contribution in [0.25, 0.3) is 0 Å². The predicted molar refractivity (Wildman–Crippen MR) is 94.3 cm³/mol. The van der Waals surface area contributed by atoms with Crippen LogP contribution in [-0.2, 0) is 16.2 Å². The van der Waals surface area contributed by atoms with Crippen LogP contribution in [0.15, 0.2) is 53.7 Å². The lowest BCUT2D eigenvalue weighted by Crippen LogP contribution is -2.29. The molecule has 0 saturated heterocycles. The summed E-state index contributed by atoms with van der Waals surface area (Å²) in [6.45, 7) is -0.740. The van der Waals surface area contributed by atoms with Crippen molar-refractivity contribution in [2.45, 2.75) is 20.1 Å². The summed E-state index contributed by atoms with van der Waals surface area (Å²) >= 11 is 0. The highest BCUT2D eigenvalue weighted by atomic mass is 19.3. The summed E-state index contributed by atoms with van der Waals surface area (Å²) in [6.07, 6.45) is 1.23. The second-order valence-electron chi connectivity index (χ2n) is 5.60. The van der Waals surface area contributed by atoms with E-state index in [1.807, 2.05) is 31.2 Å². The molecule has 2 aromatic rings. The summed E-state index contributed by atoms with van der Waals surface area (Å²) in [5.74, 6) is -0.264. The molecule has 0 bridgehead atoms. The van der Waals surface area contributed by atoms with Gasteiger partial charge in [0.05, 0.1) is 6.21 Å². The molecule has 7 heteroatoms. The van der Waals surface area contributed by atoms with Gasteiger partial charge in [0.1, 0.15) is 5.75 Å². The molecule has 0 spiro atoms. The van der Waals surface area contributed by atoms with E-state index in [4.69, 9.17) is 4.84 Å². The van der Waals surface area contributed by atoms with Crippen LogP contribution in [0.4, 0.5) is 8.78 Å². The number of hydrogen-bond acceptors (Lipinski definition) is 4. The third-order valence-corrected chi connectivity index (χ3v) is 3.68. The summed E-state index contributed by atoms with van der Waals surface area (Å²) in [5, 5.41) is 3.66. The molecule has 26 heavy (non-hydrogen) atoms. The van der Waals surface area contributed by atoms with Gasteiger partial charge < -0.3 is 14.5 Å². The van der Waals surface area contributed by atoms with Gasteiger partial charge in [-0.2, -0.15) is 8.78 Å². The number of benzene rings is 2. The van der Waals surface area contributed by atoms with Gasteiger partial charge in [0, 0.05) is 19.2 Å². The van der Waals surface area contributed by atoms with Crippen LogP contribution in [0.3, 0.4) is 0 Å². The molecular weight excluding hydrogens is 342 g/mol. The number of hydrogen-bond donors (Lipinski definition) is 0. The SMILES string of the molecule is Cc1ccccc1CN(C)C(=O)CO/N=C/c1ccccc1OC(F)F. The largest absolute Gasteiger partial charge is 0.434 e. The average Bonchev–Trinajstić information content (AvgIpc) is 2.61. The van der Waals surface area contributed by atoms with Crippen molar-refractivity contribution in [3.05, 3.63) is 65.2 Å². The van der Waals surface area contributed by atoms with E-state index in [0.29, 0.717) is 12.1 Å². The van der Waals surface area contributed by atoms with E-state index in [-0.39, 0.29) is 18.3 Å². The van der Waals surface area contributed by atoms with Crippen LogP contribution in [0.2, 0.25) is 0 Å². The van der Waals surface area contributed by atoms with Crippen LogP contribution >= 0.6 is 0 Å². The lowest BCUT2D eigenvalue weighted by Gasteiger charge is -2.17. The number of halogens is 2. The molecule has 0 aliphatic rings. The highest BCUT2D eigenvalue weighted by molar-refractivity contribution is 5.83. The summed E-state index contributed by atoms with van der Waals surface area (Å²) < 4.78 is 29.1. The van der Waals surface area contributed by atoms with Gasteiger partial charge >= 0.3 is 6.61 Å². The summed E-state index contributed by atoms with van der Waals surface area (Å²) in [4.78, 5) is 18.6. The Morgan fingerprint density at radius 2 is 1.88 bits per heavy atom. The monoisotopic (exact) mass is 362 g/mol. The van der Waals surface area contributed by atoms with E-state index in [0.717, 1.165) is 11.1 Å². The molecule has 0 heterocycles. The van der Waals surface area contributed by atoms with Crippen molar-refractivity contribution < 1.29 is 23.1 Å². The van der Waals surface area contributed by atoms with Crippen LogP contribution in [-0.4, -0.2) is 37.3 Å². The topological polar surface area (TPSA) is 51.1 Å². The molecule has 5 nitrogen and oxygen atoms in total. The number of alkyl halides is 2. The van der Waals surface area contributed by atoms with Crippen LogP contribution in [0, 0.1) is 6.92 Å². The summed E-state index contributed by atoms with van der Waals surface area (Å²) in [6, 6.07) is 14.0. The molecule has 0 atom stereocenters. The van der Waals surface area contributed by atoms with Gasteiger partial charge in [-0.15, -0.1) is 0 Å². The number of likely N-dealkylation sites (N-methyl/N-ethyl adjacent to an activating group) is 1. The Hall–Kier alpha value is -2.96. The van der Waals surface area contributed by atoms with Crippen molar-refractivity contribution in [2.75, 3.05) is 13.7 Å². The molecule has 0 N–H and O–H groups in total. The number of rotatable bonds is 8. The molecule has 0 radical (unpaired) electrons. The summed E-state index contributed by atoms with van der Waals surface area (Å²) in [7, 11) is 1.67. The first kappa shape index (κ1) is 19.4. The van der Waals surface area contributed by atoms with E-state index < -0.39 is 6.61 Å². The van der Waals surface area contributed by atoms with Crippen LogP contribution in [0.1, 0.15) is 16.7 Å². The quantitative estimate of drug-likeness (QED) is 0.533. The number of aryl methyl sites for hydroxylation is 1. The Labute approximate surface area is 150 Å². The number of ether oxygens (including phenoxy) is 1. The molecule has 0 aliphatic carbocycles. The van der Waals surface area contributed by atoms with Gasteiger partial charge in [0.25, 0.3) is 5.91 Å². The number of amides is 1. The van der Waals surface area contributed by atoms with Crippen LogP contribution < -0.4 is 4.74 Å². The first-order chi connectivity index (χ1) is 12.5. The number of carbonyl (C=O) groups is 1. The maximum atomic E-state index is 12.3. The molecule has 0 aliphatic heterocycles. The van der Waals surface area contributed by atoms with Gasteiger partial charge in [0.15, 0.2) is 6.61 Å². The van der Waals surface area contributed by atoms with E-state index in [1.165, 1.54) is 17.2 Å². The molecule has 1 amide bonds. The van der Waals surface area contributed by atoms with Gasteiger partial charge in [-0.3, -0.25) is 4.79 Å². The maximum Gasteiger partial charge on any atom is 0.387 e. The number of nitrogens with zero attached hydrogens (tertiary/aromatic N) is 2. The number of carbonyl (C=O) groups excluding carboxylic acids is 1. The predicted octanol–water partition coefficient (Wildman–Crippen LogP) is 3.61. The molecule has 2 aromatic carbocycles. The van der Waals surface area contributed by atoms with Gasteiger partial charge in [0.2, 0.25) is 0 Å². The van der Waals surface area contributed by atoms with Crippen molar-refractivity contribution in [3.63, 3.8) is 0 Å². The normalized spacial score (nSPS) is 11.0. The second-order valence-corrected chi connectivity index (χ2v) is 5.60. The fourth-order valence-corrected chi connectivity index (χ4v) is 2.22. The average molecular weight is 362 g/mol. The Morgan fingerprint density at radius 3 is 2.62 bits per heavy atom. The standard InChI is InChI=1S/C19H20F2N2O3/c1-14-7-3-4-9-16(14)12-23(2)18(24)13-25-22-11-15-8-5-6-10-17(15)26-19(20)21/h3-11,19H,12-13H2,1-2H3/b22-11+. The van der Waals surface area contributed by atoms with Crippen molar-refractivity contribution in [1.82, 2.24) is 4.90 Å². The third-order valence-electron chi connectivity index (χ3n) is 3.68. The zero-order chi connectivity index (χ0) is 18.9. The Morgan fingerprint density at radius 1 is 1.19 bits per heavy atom. The molecule has 0 unspecified atom stereocenters. The number of oxime groups is 1. The van der Waals surface area contributed by atoms with Crippen molar-refractivity contribution in [2.24, 2.45) is 5.16 Å². The lowest BCUT2D eigenvalue weighted by atomic mass is 10.1. The van der Waals surface area contributed by atoms with Crippen molar-refractivity contribution in [3.8, 4) is 5.75 Å². The first-order valence-electron chi connectivity index (χ1n) is 7.95. The van der Waals surface area contributed by atoms with Gasteiger partial charge in [-0.05, 0) is 30.2 Å². The minimum atomic E-state index is -2.93. The number of para-hydroxylation sites is 1. The minimum absolute atomic E-state index is 0.0159. The fourth-order valence-electron chi connectivity index (χ4n) is 2.22. The van der Waals surface area contributed by atoms with Crippen molar-refractivity contribution >= 4 is 12.1 Å². The van der Waals surface area contributed by atoms with E-state index in [9.17, 15) is 13.6 Å². The van der Waals surface area contributed by atoms with Crippen molar-refractivity contribution in [1.29, 1.82) is 0 Å². The molecule has 0 aromatic heterocycles. The summed E-state index contributed by atoms with van der Waals surface area (Å²) in [5.41, 5.74) is 2.47. The zero-order valence-electron chi connectivity index (χ0n) is 14.6. The van der Waals surface area contributed by atoms with Gasteiger partial charge in [-0.1, -0.05) is 41.6 Å². The Bertz CT molecular complexity index is 766. The first-order valence-corrected chi connectivity index (χ1v) is 7.95. The second kappa shape index (κ2) is 9.50. The third kappa shape index (κ3) is 5.84. The molecular formula is C19H20F2N2O3. The van der Waals surface area contributed by atoms with Gasteiger partial charge in [-0.25, -0.2) is 0 Å². The Balaban J connectivity index is 1.86. The molecule has 138 valence electrons. The molecule has 0 saturated carbocycles. The van der Waals surface area contributed by atoms with Crippen LogP contribution in [0.5, 0.6) is 5.75 Å². The fraction of sp³-hybridized carbons (Fsp3) is 0.263. The molecule has 0 fully saturated rings.